The lowest BCUT2D eigenvalue weighted by atomic mass is 10.1. The van der Waals surface area contributed by atoms with Crippen molar-refractivity contribution in [2.24, 2.45) is 4.99 Å². The van der Waals surface area contributed by atoms with Gasteiger partial charge in [0.15, 0.2) is 0 Å². The molecule has 2 N–H and O–H groups in total. The van der Waals surface area contributed by atoms with Gasteiger partial charge in [-0.3, -0.25) is 14.8 Å². The predicted octanol–water partition coefficient (Wildman–Crippen LogP) is 4.45. The summed E-state index contributed by atoms with van der Waals surface area (Å²) in [6.07, 6.45) is 2.67. The average molecular weight is 421 g/mol. The quantitative estimate of drug-likeness (QED) is 0.592. The number of hydrogen-bond donors (Lipinski definition) is 2. The van der Waals surface area contributed by atoms with Crippen LogP contribution in [0.5, 0.6) is 11.5 Å². The monoisotopic (exact) mass is 420 g/mol. The molecule has 0 atom stereocenters. The van der Waals surface area contributed by atoms with Gasteiger partial charge in [-0.25, -0.2) is 0 Å². The fourth-order valence-corrected chi connectivity index (χ4v) is 3.31. The van der Waals surface area contributed by atoms with Gasteiger partial charge in [0.25, 0.3) is 0 Å². The average Bonchev–Trinajstić information content (AvgIpc) is 3.28. The number of ether oxygens (including phenoxy) is 1. The van der Waals surface area contributed by atoms with Crippen molar-refractivity contribution in [1.29, 1.82) is 0 Å². The number of aliphatic imine (C=N–C) groups is 1. The van der Waals surface area contributed by atoms with Crippen molar-refractivity contribution >= 4 is 29.0 Å². The van der Waals surface area contributed by atoms with Crippen LogP contribution >= 0.6 is 11.6 Å². The van der Waals surface area contributed by atoms with Crippen molar-refractivity contribution in [2.45, 2.75) is 12.8 Å². The van der Waals surface area contributed by atoms with Gasteiger partial charge in [0.1, 0.15) is 23.0 Å². The third kappa shape index (κ3) is 5.36. The topological polar surface area (TPSA) is 75.6 Å². The molecule has 0 saturated carbocycles. The number of aromatic nitrogens is 1. The predicted molar refractivity (Wildman–Crippen MR) is 119 cm³/mol. The van der Waals surface area contributed by atoms with Crippen LogP contribution in [0.1, 0.15) is 17.7 Å². The van der Waals surface area contributed by atoms with Crippen molar-refractivity contribution in [2.75, 3.05) is 18.4 Å². The lowest BCUT2D eigenvalue weighted by molar-refractivity contribution is -0.116. The summed E-state index contributed by atoms with van der Waals surface area (Å²) in [6.45, 7) is 1.59. The molecule has 1 aromatic heterocycles. The van der Waals surface area contributed by atoms with Gasteiger partial charge in [-0.05, 0) is 48.4 Å². The van der Waals surface area contributed by atoms with E-state index in [-0.39, 0.29) is 5.91 Å². The fourth-order valence-electron chi connectivity index (χ4n) is 3.12. The van der Waals surface area contributed by atoms with E-state index in [1.165, 1.54) is 0 Å². The van der Waals surface area contributed by atoms with Crippen LogP contribution in [-0.4, -0.2) is 29.8 Å². The van der Waals surface area contributed by atoms with Crippen LogP contribution in [0.3, 0.4) is 0 Å². The number of hydrogen-bond acceptors (Lipinski definition) is 5. The van der Waals surface area contributed by atoms with Crippen LogP contribution in [0.2, 0.25) is 5.02 Å². The summed E-state index contributed by atoms with van der Waals surface area (Å²) in [5.41, 5.74) is 2.48. The Balaban J connectivity index is 1.36. The van der Waals surface area contributed by atoms with Crippen LogP contribution in [0.25, 0.3) is 0 Å². The molecule has 7 heteroatoms. The highest BCUT2D eigenvalue weighted by Gasteiger charge is 2.11. The molecular formula is C23H21ClN4O2. The maximum absolute atomic E-state index is 12.2. The molecule has 4 rings (SSSR count). The number of rotatable bonds is 7. The number of anilines is 1. The number of benzene rings is 2. The first kappa shape index (κ1) is 19.9. The fraction of sp³-hybridized carbons (Fsp3) is 0.174. The normalized spacial score (nSPS) is 12.8. The molecule has 1 aliphatic heterocycles. The Morgan fingerprint density at radius 2 is 1.97 bits per heavy atom. The van der Waals surface area contributed by atoms with Gasteiger partial charge in [-0.2, -0.15) is 0 Å². The summed E-state index contributed by atoms with van der Waals surface area (Å²) < 4.78 is 6.00. The molecule has 6 nitrogen and oxygen atoms in total. The highest BCUT2D eigenvalue weighted by atomic mass is 35.5. The van der Waals surface area contributed by atoms with Crippen LogP contribution in [0.15, 0.2) is 71.9 Å². The maximum Gasteiger partial charge on any atom is 0.224 e. The van der Waals surface area contributed by atoms with Crippen molar-refractivity contribution in [3.63, 3.8) is 0 Å². The third-order valence-corrected chi connectivity index (χ3v) is 4.77. The number of pyridine rings is 1. The van der Waals surface area contributed by atoms with Crippen LogP contribution in [-0.2, 0) is 11.2 Å². The summed E-state index contributed by atoms with van der Waals surface area (Å²) in [4.78, 5) is 21.0. The zero-order valence-corrected chi connectivity index (χ0v) is 17.0. The molecule has 0 radical (unpaired) electrons. The van der Waals surface area contributed by atoms with E-state index in [0.717, 1.165) is 30.2 Å². The van der Waals surface area contributed by atoms with Crippen molar-refractivity contribution < 1.29 is 9.53 Å². The summed E-state index contributed by atoms with van der Waals surface area (Å²) in [6, 6.07) is 18.5. The summed E-state index contributed by atoms with van der Waals surface area (Å²) in [5, 5.41) is 6.66. The number of aryl methyl sites for hydroxylation is 1. The van der Waals surface area contributed by atoms with E-state index in [1.807, 2.05) is 42.5 Å². The Hall–Kier alpha value is -3.38. The molecule has 2 heterocycles. The third-order valence-electron chi connectivity index (χ3n) is 4.53. The van der Waals surface area contributed by atoms with E-state index in [0.29, 0.717) is 35.1 Å². The number of amidine groups is 1. The largest absolute Gasteiger partial charge is 0.457 e. The Morgan fingerprint density at radius 1 is 1.10 bits per heavy atom. The van der Waals surface area contributed by atoms with Crippen molar-refractivity contribution in [3.8, 4) is 11.5 Å². The second-order valence-corrected chi connectivity index (χ2v) is 7.28. The van der Waals surface area contributed by atoms with Gasteiger partial charge in [0.2, 0.25) is 5.91 Å². The van der Waals surface area contributed by atoms with Crippen LogP contribution in [0, 0.1) is 0 Å². The highest BCUT2D eigenvalue weighted by molar-refractivity contribution is 6.30. The number of nitrogens with zero attached hydrogens (tertiary/aromatic N) is 2. The summed E-state index contributed by atoms with van der Waals surface area (Å²) in [5.74, 6) is 2.13. The Morgan fingerprint density at radius 3 is 2.80 bits per heavy atom. The van der Waals surface area contributed by atoms with Crippen molar-refractivity contribution in [1.82, 2.24) is 10.3 Å². The molecule has 0 saturated heterocycles. The minimum absolute atomic E-state index is 0.0628. The lowest BCUT2D eigenvalue weighted by Crippen LogP contribution is -2.20. The van der Waals surface area contributed by atoms with Gasteiger partial charge in [-0.1, -0.05) is 29.8 Å². The SMILES string of the molecule is O=C(CCc1cccc(Oc2ccnc(C3=NCCN3)c2)c1)Nc1cccc(Cl)c1. The van der Waals surface area contributed by atoms with E-state index < -0.39 is 0 Å². The van der Waals surface area contributed by atoms with Gasteiger partial charge >= 0.3 is 0 Å². The smallest absolute Gasteiger partial charge is 0.224 e. The Labute approximate surface area is 180 Å². The molecule has 1 aliphatic rings. The number of amides is 1. The maximum atomic E-state index is 12.2. The van der Waals surface area contributed by atoms with E-state index in [4.69, 9.17) is 16.3 Å². The van der Waals surface area contributed by atoms with Gasteiger partial charge in [0, 0.05) is 35.9 Å². The van der Waals surface area contributed by atoms with Crippen LogP contribution < -0.4 is 15.4 Å². The zero-order chi connectivity index (χ0) is 20.8. The first-order chi connectivity index (χ1) is 14.7. The minimum Gasteiger partial charge on any atom is -0.457 e. The standard InChI is InChI=1S/C23H21ClN4O2/c24-17-4-2-5-18(14-17)28-22(29)8-7-16-3-1-6-19(13-16)30-20-9-10-25-21(15-20)23-26-11-12-27-23/h1-6,9-10,13-15H,7-8,11-12H2,(H,26,27)(H,28,29). The highest BCUT2D eigenvalue weighted by Crippen LogP contribution is 2.23. The summed E-state index contributed by atoms with van der Waals surface area (Å²) in [7, 11) is 0. The molecule has 0 unspecified atom stereocenters. The van der Waals surface area contributed by atoms with E-state index in [2.05, 4.69) is 20.6 Å². The molecule has 3 aromatic rings. The molecule has 0 bridgehead atoms. The first-order valence-corrected chi connectivity index (χ1v) is 10.1. The van der Waals surface area contributed by atoms with Crippen LogP contribution in [0.4, 0.5) is 5.69 Å². The molecule has 30 heavy (non-hydrogen) atoms. The van der Waals surface area contributed by atoms with Gasteiger partial charge < -0.3 is 15.4 Å². The molecule has 2 aromatic carbocycles. The number of carbonyl (C=O) groups excluding carboxylic acids is 1. The number of nitrogens with one attached hydrogen (secondary N) is 2. The molecule has 1 amide bonds. The second-order valence-electron chi connectivity index (χ2n) is 6.84. The minimum atomic E-state index is -0.0628. The molecule has 0 spiro atoms. The Kier molecular flexibility index (Phi) is 6.25. The van der Waals surface area contributed by atoms with E-state index in [1.54, 1.807) is 24.4 Å². The molecule has 0 aliphatic carbocycles. The lowest BCUT2D eigenvalue weighted by Gasteiger charge is -2.09. The van der Waals surface area contributed by atoms with Gasteiger partial charge in [-0.15, -0.1) is 0 Å². The summed E-state index contributed by atoms with van der Waals surface area (Å²) >= 11 is 5.95. The molecule has 0 fully saturated rings. The Bertz CT molecular complexity index is 1080. The van der Waals surface area contributed by atoms with Gasteiger partial charge in [0.05, 0.1) is 6.54 Å². The molecule has 152 valence electrons. The number of carbonyl (C=O) groups is 1. The number of halogens is 1. The van der Waals surface area contributed by atoms with E-state index >= 15 is 0 Å². The second kappa shape index (κ2) is 9.41. The van der Waals surface area contributed by atoms with E-state index in [9.17, 15) is 4.79 Å². The molecular weight excluding hydrogens is 400 g/mol. The zero-order valence-electron chi connectivity index (χ0n) is 16.3. The first-order valence-electron chi connectivity index (χ1n) is 9.73. The van der Waals surface area contributed by atoms with Crippen molar-refractivity contribution in [3.05, 3.63) is 83.1 Å².